The van der Waals surface area contributed by atoms with Gasteiger partial charge in [0.15, 0.2) is 0 Å². The summed E-state index contributed by atoms with van der Waals surface area (Å²) < 4.78 is 5.18. The molecule has 3 aromatic rings. The Morgan fingerprint density at radius 2 is 1.85 bits per heavy atom. The van der Waals surface area contributed by atoms with E-state index in [0.29, 0.717) is 21.9 Å². The lowest BCUT2D eigenvalue weighted by atomic mass is 10.2. The normalized spacial score (nSPS) is 10.4. The highest BCUT2D eigenvalue weighted by atomic mass is 35.5. The van der Waals surface area contributed by atoms with Gasteiger partial charge in [-0.2, -0.15) is 0 Å². The molecule has 0 aliphatic carbocycles. The zero-order chi connectivity index (χ0) is 18.7. The van der Waals surface area contributed by atoms with E-state index in [2.05, 4.69) is 15.6 Å². The fraction of sp³-hybridized carbons (Fsp3) is 0.105. The van der Waals surface area contributed by atoms with Gasteiger partial charge in [-0.05, 0) is 42.5 Å². The Balaban J connectivity index is 1.80. The second-order valence-corrected chi connectivity index (χ2v) is 5.99. The minimum Gasteiger partial charge on any atom is -0.497 e. The number of carbonyl (C=O) groups is 2. The Hall–Kier alpha value is -3.12. The van der Waals surface area contributed by atoms with Crippen LogP contribution in [0.15, 0.2) is 48.5 Å². The number of nitrogens with one attached hydrogen (secondary N) is 2. The Kier molecular flexibility index (Phi) is 5.04. The molecule has 0 fully saturated rings. The lowest BCUT2D eigenvalue weighted by Crippen LogP contribution is -2.14. The van der Waals surface area contributed by atoms with E-state index in [-0.39, 0.29) is 17.5 Å². The van der Waals surface area contributed by atoms with Gasteiger partial charge in [-0.25, -0.2) is 4.98 Å². The summed E-state index contributed by atoms with van der Waals surface area (Å²) >= 11 is 6.12. The first-order valence-corrected chi connectivity index (χ1v) is 8.17. The molecule has 26 heavy (non-hydrogen) atoms. The Morgan fingerprint density at radius 3 is 2.54 bits per heavy atom. The van der Waals surface area contributed by atoms with Crippen LogP contribution in [0.25, 0.3) is 10.9 Å². The lowest BCUT2D eigenvalue weighted by molar-refractivity contribution is -0.114. The van der Waals surface area contributed by atoms with Crippen LogP contribution in [-0.2, 0) is 4.79 Å². The monoisotopic (exact) mass is 369 g/mol. The van der Waals surface area contributed by atoms with Gasteiger partial charge in [0.1, 0.15) is 11.4 Å². The summed E-state index contributed by atoms with van der Waals surface area (Å²) in [5.41, 5.74) is 1.96. The van der Waals surface area contributed by atoms with E-state index in [1.807, 2.05) is 12.1 Å². The molecule has 0 saturated heterocycles. The van der Waals surface area contributed by atoms with Gasteiger partial charge >= 0.3 is 0 Å². The summed E-state index contributed by atoms with van der Waals surface area (Å²) in [6.07, 6.45) is 0. The number of benzene rings is 2. The van der Waals surface area contributed by atoms with Gasteiger partial charge in [-0.1, -0.05) is 17.7 Å². The van der Waals surface area contributed by atoms with E-state index in [4.69, 9.17) is 16.3 Å². The number of anilines is 2. The molecule has 0 aliphatic heterocycles. The highest BCUT2D eigenvalue weighted by Gasteiger charge is 2.11. The molecule has 2 aromatic carbocycles. The Morgan fingerprint density at radius 1 is 1.04 bits per heavy atom. The number of amides is 2. The molecule has 3 rings (SSSR count). The molecule has 0 bridgehead atoms. The van der Waals surface area contributed by atoms with Crippen LogP contribution in [-0.4, -0.2) is 23.9 Å². The summed E-state index contributed by atoms with van der Waals surface area (Å²) in [6, 6.07) is 13.7. The largest absolute Gasteiger partial charge is 0.497 e. The first-order valence-electron chi connectivity index (χ1n) is 7.79. The average molecular weight is 370 g/mol. The van der Waals surface area contributed by atoms with Crippen molar-refractivity contribution in [3.05, 3.63) is 59.2 Å². The van der Waals surface area contributed by atoms with Crippen LogP contribution in [0.3, 0.4) is 0 Å². The van der Waals surface area contributed by atoms with Crippen molar-refractivity contribution in [2.24, 2.45) is 0 Å². The summed E-state index contributed by atoms with van der Waals surface area (Å²) in [4.78, 5) is 27.9. The van der Waals surface area contributed by atoms with Crippen molar-refractivity contribution in [2.45, 2.75) is 6.92 Å². The van der Waals surface area contributed by atoms with Crippen molar-refractivity contribution >= 4 is 45.7 Å². The third-order valence-corrected chi connectivity index (χ3v) is 3.98. The molecular formula is C19H16ClN3O3. The number of fused-ring (bicyclic) bond motifs is 1. The van der Waals surface area contributed by atoms with Crippen molar-refractivity contribution in [3.8, 4) is 5.75 Å². The van der Waals surface area contributed by atoms with Crippen molar-refractivity contribution in [1.29, 1.82) is 0 Å². The van der Waals surface area contributed by atoms with E-state index < -0.39 is 0 Å². The van der Waals surface area contributed by atoms with E-state index in [1.54, 1.807) is 43.5 Å². The van der Waals surface area contributed by atoms with Gasteiger partial charge in [-0.3, -0.25) is 9.59 Å². The standard InChI is InChI=1S/C19H16ClN3O3/c1-11(24)21-17-7-4-13(10-15(17)20)22-19(25)18-6-3-12-9-14(26-2)5-8-16(12)23-18/h3-10H,1-2H3,(H,21,24)(H,22,25). The van der Waals surface area contributed by atoms with Gasteiger partial charge in [-0.15, -0.1) is 0 Å². The van der Waals surface area contributed by atoms with Crippen LogP contribution in [0.5, 0.6) is 5.75 Å². The van der Waals surface area contributed by atoms with Gasteiger partial charge < -0.3 is 15.4 Å². The van der Waals surface area contributed by atoms with E-state index in [0.717, 1.165) is 11.1 Å². The first-order chi connectivity index (χ1) is 12.5. The highest BCUT2D eigenvalue weighted by molar-refractivity contribution is 6.34. The molecule has 1 aromatic heterocycles. The van der Waals surface area contributed by atoms with Crippen molar-refractivity contribution in [1.82, 2.24) is 4.98 Å². The van der Waals surface area contributed by atoms with Crippen LogP contribution < -0.4 is 15.4 Å². The smallest absolute Gasteiger partial charge is 0.274 e. The molecule has 132 valence electrons. The van der Waals surface area contributed by atoms with Gasteiger partial charge in [0.2, 0.25) is 5.91 Å². The summed E-state index contributed by atoms with van der Waals surface area (Å²) in [7, 11) is 1.60. The highest BCUT2D eigenvalue weighted by Crippen LogP contribution is 2.26. The molecule has 2 N–H and O–H groups in total. The number of nitrogens with zero attached hydrogens (tertiary/aromatic N) is 1. The minimum absolute atomic E-state index is 0.222. The molecule has 0 atom stereocenters. The van der Waals surface area contributed by atoms with Gasteiger partial charge in [0.25, 0.3) is 5.91 Å². The summed E-state index contributed by atoms with van der Waals surface area (Å²) in [6.45, 7) is 1.40. The minimum atomic E-state index is -0.355. The molecule has 1 heterocycles. The van der Waals surface area contributed by atoms with E-state index in [9.17, 15) is 9.59 Å². The third kappa shape index (κ3) is 3.92. The molecule has 0 radical (unpaired) electrons. The molecule has 6 nitrogen and oxygen atoms in total. The first kappa shape index (κ1) is 17.7. The topological polar surface area (TPSA) is 80.3 Å². The zero-order valence-corrected chi connectivity index (χ0v) is 14.9. The predicted molar refractivity (Wildman–Crippen MR) is 102 cm³/mol. The number of ether oxygens (including phenoxy) is 1. The van der Waals surface area contributed by atoms with Gasteiger partial charge in [0.05, 0.1) is 23.3 Å². The number of aromatic nitrogens is 1. The molecule has 0 aliphatic rings. The summed E-state index contributed by atoms with van der Waals surface area (Å²) in [5.74, 6) is 0.150. The lowest BCUT2D eigenvalue weighted by Gasteiger charge is -2.09. The zero-order valence-electron chi connectivity index (χ0n) is 14.2. The number of hydrogen-bond acceptors (Lipinski definition) is 4. The van der Waals surface area contributed by atoms with Crippen molar-refractivity contribution < 1.29 is 14.3 Å². The maximum atomic E-state index is 12.4. The van der Waals surface area contributed by atoms with Crippen LogP contribution >= 0.6 is 11.6 Å². The maximum Gasteiger partial charge on any atom is 0.274 e. The third-order valence-electron chi connectivity index (χ3n) is 3.67. The number of carbonyl (C=O) groups excluding carboxylic acids is 2. The fourth-order valence-corrected chi connectivity index (χ4v) is 2.66. The fourth-order valence-electron chi connectivity index (χ4n) is 2.44. The molecule has 7 heteroatoms. The number of halogens is 1. The second-order valence-electron chi connectivity index (χ2n) is 5.59. The van der Waals surface area contributed by atoms with E-state index >= 15 is 0 Å². The van der Waals surface area contributed by atoms with Crippen molar-refractivity contribution in [3.63, 3.8) is 0 Å². The van der Waals surface area contributed by atoms with Crippen LogP contribution in [0.1, 0.15) is 17.4 Å². The molecule has 2 amide bonds. The quantitative estimate of drug-likeness (QED) is 0.725. The van der Waals surface area contributed by atoms with Crippen LogP contribution in [0.4, 0.5) is 11.4 Å². The number of methoxy groups -OCH3 is 1. The SMILES string of the molecule is COc1ccc2nc(C(=O)Nc3ccc(NC(C)=O)c(Cl)c3)ccc2c1. The predicted octanol–water partition coefficient (Wildman–Crippen LogP) is 4.11. The number of rotatable bonds is 4. The molecule has 0 spiro atoms. The van der Waals surface area contributed by atoms with E-state index in [1.165, 1.54) is 6.92 Å². The average Bonchev–Trinajstić information content (AvgIpc) is 2.62. The Labute approximate surface area is 155 Å². The summed E-state index contributed by atoms with van der Waals surface area (Å²) in [5, 5.41) is 6.56. The molecule has 0 unspecified atom stereocenters. The van der Waals surface area contributed by atoms with Crippen LogP contribution in [0, 0.1) is 0 Å². The molecule has 0 saturated carbocycles. The number of hydrogen-bond donors (Lipinski definition) is 2. The van der Waals surface area contributed by atoms with Crippen molar-refractivity contribution in [2.75, 3.05) is 17.7 Å². The maximum absolute atomic E-state index is 12.4. The Bertz CT molecular complexity index is 1000. The van der Waals surface area contributed by atoms with Gasteiger partial charge in [0, 0.05) is 18.0 Å². The van der Waals surface area contributed by atoms with Crippen LogP contribution in [0.2, 0.25) is 5.02 Å². The second kappa shape index (κ2) is 7.41. The number of pyridine rings is 1. The molecular weight excluding hydrogens is 354 g/mol.